The predicted octanol–water partition coefficient (Wildman–Crippen LogP) is 2.38. The zero-order valence-corrected chi connectivity index (χ0v) is 12.2. The number of esters is 1. The van der Waals surface area contributed by atoms with Gasteiger partial charge in [0.15, 0.2) is 5.82 Å². The van der Waals surface area contributed by atoms with Crippen molar-refractivity contribution in [3.8, 4) is 0 Å². The molecule has 3 rings (SSSR count). The Bertz CT molecular complexity index is 487. The second-order valence-corrected chi connectivity index (χ2v) is 5.91. The number of nitrogens with zero attached hydrogens (tertiary/aromatic N) is 3. The van der Waals surface area contributed by atoms with Crippen LogP contribution in [0.4, 0.5) is 0 Å². The topological polar surface area (TPSA) is 57.0 Å². The normalized spacial score (nSPS) is 21.2. The fourth-order valence-electron chi connectivity index (χ4n) is 3.62. The molecule has 110 valence electrons. The summed E-state index contributed by atoms with van der Waals surface area (Å²) in [5.41, 5.74) is -0.553. The first-order valence-electron chi connectivity index (χ1n) is 7.88. The standard InChI is InChI=1S/C15H23N3O2/c1-2-20-14(19)15(9-5-3-4-6-10-15)13-17-16-12-8-7-11-18(12)13/h2-11H2,1H3. The molecule has 0 atom stereocenters. The molecular weight excluding hydrogens is 254 g/mol. The molecule has 0 radical (unpaired) electrons. The molecule has 1 fully saturated rings. The third-order valence-electron chi connectivity index (χ3n) is 4.66. The van der Waals surface area contributed by atoms with E-state index in [4.69, 9.17) is 4.74 Å². The van der Waals surface area contributed by atoms with Crippen molar-refractivity contribution in [2.75, 3.05) is 6.61 Å². The number of aromatic nitrogens is 3. The van der Waals surface area contributed by atoms with Gasteiger partial charge in [-0.25, -0.2) is 0 Å². The summed E-state index contributed by atoms with van der Waals surface area (Å²) in [5, 5.41) is 8.69. The van der Waals surface area contributed by atoms with Crippen LogP contribution in [0.2, 0.25) is 0 Å². The Kier molecular flexibility index (Phi) is 3.76. The van der Waals surface area contributed by atoms with Crippen molar-refractivity contribution >= 4 is 5.97 Å². The van der Waals surface area contributed by atoms with Crippen LogP contribution in [0.1, 0.15) is 63.5 Å². The van der Waals surface area contributed by atoms with Crippen molar-refractivity contribution in [2.45, 2.75) is 70.3 Å². The van der Waals surface area contributed by atoms with Crippen LogP contribution in [-0.2, 0) is 27.9 Å². The molecule has 5 heteroatoms. The maximum Gasteiger partial charge on any atom is 0.319 e. The van der Waals surface area contributed by atoms with Crippen LogP contribution in [0.3, 0.4) is 0 Å². The maximum absolute atomic E-state index is 12.7. The molecule has 20 heavy (non-hydrogen) atoms. The Morgan fingerprint density at radius 2 is 1.95 bits per heavy atom. The van der Waals surface area contributed by atoms with Gasteiger partial charge in [0.2, 0.25) is 0 Å². The molecule has 0 spiro atoms. The molecule has 5 nitrogen and oxygen atoms in total. The summed E-state index contributed by atoms with van der Waals surface area (Å²) < 4.78 is 7.57. The molecule has 0 unspecified atom stereocenters. The largest absolute Gasteiger partial charge is 0.465 e. The van der Waals surface area contributed by atoms with E-state index in [0.29, 0.717) is 6.61 Å². The Balaban J connectivity index is 2.01. The molecule has 1 aliphatic carbocycles. The third kappa shape index (κ3) is 2.13. The minimum Gasteiger partial charge on any atom is -0.465 e. The molecule has 1 aromatic rings. The van der Waals surface area contributed by atoms with Gasteiger partial charge >= 0.3 is 5.97 Å². The molecule has 0 saturated heterocycles. The number of fused-ring (bicyclic) bond motifs is 1. The molecule has 0 amide bonds. The van der Waals surface area contributed by atoms with Gasteiger partial charge in [0.1, 0.15) is 11.2 Å². The summed E-state index contributed by atoms with van der Waals surface area (Å²) in [6.07, 6.45) is 8.32. The number of hydrogen-bond acceptors (Lipinski definition) is 4. The number of hydrogen-bond donors (Lipinski definition) is 0. The van der Waals surface area contributed by atoms with Crippen LogP contribution < -0.4 is 0 Å². The highest BCUT2D eigenvalue weighted by molar-refractivity contribution is 5.82. The summed E-state index contributed by atoms with van der Waals surface area (Å²) in [6.45, 7) is 3.25. The van der Waals surface area contributed by atoms with Gasteiger partial charge in [-0.3, -0.25) is 4.79 Å². The molecule has 2 heterocycles. The fraction of sp³-hybridized carbons (Fsp3) is 0.800. The predicted molar refractivity (Wildman–Crippen MR) is 74.4 cm³/mol. The van der Waals surface area contributed by atoms with Crippen molar-refractivity contribution < 1.29 is 9.53 Å². The summed E-state index contributed by atoms with van der Waals surface area (Å²) >= 11 is 0. The Labute approximate surface area is 119 Å². The monoisotopic (exact) mass is 277 g/mol. The Hall–Kier alpha value is -1.39. The maximum atomic E-state index is 12.7. The minimum atomic E-state index is -0.553. The van der Waals surface area contributed by atoms with Gasteiger partial charge in [0, 0.05) is 13.0 Å². The highest BCUT2D eigenvalue weighted by Gasteiger charge is 2.46. The van der Waals surface area contributed by atoms with E-state index < -0.39 is 5.41 Å². The van der Waals surface area contributed by atoms with E-state index >= 15 is 0 Å². The van der Waals surface area contributed by atoms with E-state index in [1.807, 2.05) is 6.92 Å². The van der Waals surface area contributed by atoms with Crippen molar-refractivity contribution in [2.24, 2.45) is 0 Å². The average Bonchev–Trinajstić information content (AvgIpc) is 2.96. The first-order valence-corrected chi connectivity index (χ1v) is 7.88. The molecule has 1 aliphatic heterocycles. The summed E-state index contributed by atoms with van der Waals surface area (Å²) in [5.74, 6) is 1.81. The average molecular weight is 277 g/mol. The van der Waals surface area contributed by atoms with Crippen molar-refractivity contribution in [3.63, 3.8) is 0 Å². The number of ether oxygens (including phenoxy) is 1. The van der Waals surface area contributed by atoms with E-state index in [1.54, 1.807) is 0 Å². The number of carbonyl (C=O) groups excluding carboxylic acids is 1. The van der Waals surface area contributed by atoms with Crippen LogP contribution >= 0.6 is 0 Å². The molecule has 1 aromatic heterocycles. The summed E-state index contributed by atoms with van der Waals surface area (Å²) in [4.78, 5) is 12.7. The van der Waals surface area contributed by atoms with Crippen LogP contribution in [0.25, 0.3) is 0 Å². The van der Waals surface area contributed by atoms with Gasteiger partial charge in [-0.1, -0.05) is 25.7 Å². The van der Waals surface area contributed by atoms with E-state index in [-0.39, 0.29) is 5.97 Å². The lowest BCUT2D eigenvalue weighted by atomic mass is 9.79. The van der Waals surface area contributed by atoms with Crippen LogP contribution in [0, 0.1) is 0 Å². The second-order valence-electron chi connectivity index (χ2n) is 5.91. The lowest BCUT2D eigenvalue weighted by Crippen LogP contribution is -2.40. The SMILES string of the molecule is CCOC(=O)C1(c2nnc3n2CCC3)CCCCCC1. The quantitative estimate of drug-likeness (QED) is 0.629. The Morgan fingerprint density at radius 3 is 2.65 bits per heavy atom. The number of carbonyl (C=O) groups is 1. The van der Waals surface area contributed by atoms with E-state index in [1.165, 1.54) is 12.8 Å². The van der Waals surface area contributed by atoms with E-state index in [9.17, 15) is 4.79 Å². The zero-order valence-electron chi connectivity index (χ0n) is 12.2. The fourth-order valence-corrected chi connectivity index (χ4v) is 3.62. The zero-order chi connectivity index (χ0) is 14.0. The third-order valence-corrected chi connectivity index (χ3v) is 4.66. The molecule has 1 saturated carbocycles. The van der Waals surface area contributed by atoms with Gasteiger partial charge in [-0.15, -0.1) is 10.2 Å². The van der Waals surface area contributed by atoms with Crippen molar-refractivity contribution in [1.29, 1.82) is 0 Å². The summed E-state index contributed by atoms with van der Waals surface area (Å²) in [7, 11) is 0. The van der Waals surface area contributed by atoms with Crippen LogP contribution in [0.15, 0.2) is 0 Å². The highest BCUT2D eigenvalue weighted by Crippen LogP contribution is 2.39. The Morgan fingerprint density at radius 1 is 1.20 bits per heavy atom. The minimum absolute atomic E-state index is 0.0935. The molecule has 0 bridgehead atoms. The first kappa shape index (κ1) is 13.6. The number of aryl methyl sites for hydroxylation is 1. The lowest BCUT2D eigenvalue weighted by molar-refractivity contribution is -0.151. The van der Waals surface area contributed by atoms with Gasteiger partial charge in [-0.2, -0.15) is 0 Å². The van der Waals surface area contributed by atoms with E-state index in [0.717, 1.165) is 56.7 Å². The van der Waals surface area contributed by atoms with E-state index in [2.05, 4.69) is 14.8 Å². The summed E-state index contributed by atoms with van der Waals surface area (Å²) in [6, 6.07) is 0. The van der Waals surface area contributed by atoms with Gasteiger partial charge in [0.05, 0.1) is 6.61 Å². The highest BCUT2D eigenvalue weighted by atomic mass is 16.5. The molecular formula is C15H23N3O2. The lowest BCUT2D eigenvalue weighted by Gasteiger charge is -2.29. The molecule has 0 aromatic carbocycles. The van der Waals surface area contributed by atoms with Crippen LogP contribution in [-0.4, -0.2) is 27.3 Å². The number of rotatable bonds is 3. The van der Waals surface area contributed by atoms with Gasteiger partial charge < -0.3 is 9.30 Å². The van der Waals surface area contributed by atoms with Gasteiger partial charge in [0.25, 0.3) is 0 Å². The molecule has 2 aliphatic rings. The second kappa shape index (κ2) is 5.54. The molecule has 0 N–H and O–H groups in total. The van der Waals surface area contributed by atoms with Crippen molar-refractivity contribution in [3.05, 3.63) is 11.6 Å². The van der Waals surface area contributed by atoms with Crippen LogP contribution in [0.5, 0.6) is 0 Å². The van der Waals surface area contributed by atoms with Crippen molar-refractivity contribution in [1.82, 2.24) is 14.8 Å². The van der Waals surface area contributed by atoms with Gasteiger partial charge in [-0.05, 0) is 26.2 Å². The first-order chi connectivity index (χ1) is 9.78. The smallest absolute Gasteiger partial charge is 0.319 e.